The summed E-state index contributed by atoms with van der Waals surface area (Å²) in [5, 5.41) is 10.7. The molecule has 0 bridgehead atoms. The Labute approximate surface area is 209 Å². The third-order valence-corrected chi connectivity index (χ3v) is 5.78. The highest BCUT2D eigenvalue weighted by Crippen LogP contribution is 2.28. The monoisotopic (exact) mass is 474 g/mol. The van der Waals surface area contributed by atoms with Gasteiger partial charge < -0.3 is 20.9 Å². The fourth-order valence-electron chi connectivity index (χ4n) is 3.82. The van der Waals surface area contributed by atoms with Crippen molar-refractivity contribution < 1.29 is 4.79 Å². The zero-order valence-corrected chi connectivity index (χ0v) is 20.1. The summed E-state index contributed by atoms with van der Waals surface area (Å²) in [7, 11) is 4.03. The summed E-state index contributed by atoms with van der Waals surface area (Å²) in [4.78, 5) is 23.3. The van der Waals surface area contributed by atoms with Crippen LogP contribution in [0.5, 0.6) is 0 Å². The van der Waals surface area contributed by atoms with Crippen LogP contribution in [0.2, 0.25) is 0 Å². The second-order valence-electron chi connectivity index (χ2n) is 8.55. The van der Waals surface area contributed by atoms with Crippen LogP contribution in [0.25, 0.3) is 10.9 Å². The van der Waals surface area contributed by atoms with Crippen LogP contribution in [0.1, 0.15) is 10.4 Å². The van der Waals surface area contributed by atoms with Crippen LogP contribution in [0, 0.1) is 0 Å². The van der Waals surface area contributed by atoms with Gasteiger partial charge in [0, 0.05) is 77.8 Å². The van der Waals surface area contributed by atoms with Gasteiger partial charge in [0.2, 0.25) is 0 Å². The first-order chi connectivity index (χ1) is 17.5. The first-order valence-electron chi connectivity index (χ1n) is 11.6. The standard InChI is InChI=1S/C29H26N6O/c1-35(2)25-11-12-27-26(19-25)28(15-18-31-27)33-22-5-3-20(4-6-22)29(36)34-23-9-7-21(8-10-23)32-24-13-16-30-17-14-24/h3-19H,1-2H3,(H,30,32)(H,31,33)(H,34,36). The Hall–Kier alpha value is -4.91. The molecule has 7 nitrogen and oxygen atoms in total. The fourth-order valence-corrected chi connectivity index (χ4v) is 3.82. The summed E-state index contributed by atoms with van der Waals surface area (Å²) >= 11 is 0. The van der Waals surface area contributed by atoms with E-state index in [1.165, 1.54) is 0 Å². The minimum Gasteiger partial charge on any atom is -0.378 e. The molecular weight excluding hydrogens is 448 g/mol. The Kier molecular flexibility index (Phi) is 6.44. The van der Waals surface area contributed by atoms with Crippen LogP contribution in [-0.2, 0) is 0 Å². The van der Waals surface area contributed by atoms with Gasteiger partial charge in [-0.15, -0.1) is 0 Å². The van der Waals surface area contributed by atoms with Crippen molar-refractivity contribution in [3.8, 4) is 0 Å². The number of carbonyl (C=O) groups excluding carboxylic acids is 1. The molecule has 0 fully saturated rings. The summed E-state index contributed by atoms with van der Waals surface area (Å²) in [5.74, 6) is -0.165. The van der Waals surface area contributed by atoms with E-state index < -0.39 is 0 Å². The molecular formula is C29H26N6O. The van der Waals surface area contributed by atoms with E-state index in [9.17, 15) is 4.79 Å². The number of hydrogen-bond donors (Lipinski definition) is 3. The molecule has 2 aromatic heterocycles. The Morgan fingerprint density at radius 3 is 2.06 bits per heavy atom. The van der Waals surface area contributed by atoms with Gasteiger partial charge in [-0.2, -0.15) is 0 Å². The predicted molar refractivity (Wildman–Crippen MR) is 148 cm³/mol. The number of nitrogens with zero attached hydrogens (tertiary/aromatic N) is 3. The highest BCUT2D eigenvalue weighted by molar-refractivity contribution is 6.04. The molecule has 5 aromatic rings. The van der Waals surface area contributed by atoms with E-state index in [2.05, 4.69) is 43.0 Å². The van der Waals surface area contributed by atoms with Crippen molar-refractivity contribution in [3.63, 3.8) is 0 Å². The minimum atomic E-state index is -0.165. The van der Waals surface area contributed by atoms with Gasteiger partial charge in [0.25, 0.3) is 5.91 Å². The van der Waals surface area contributed by atoms with Gasteiger partial charge in [-0.3, -0.25) is 14.8 Å². The van der Waals surface area contributed by atoms with E-state index in [0.717, 1.165) is 45.0 Å². The van der Waals surface area contributed by atoms with Gasteiger partial charge in [0.05, 0.1) is 5.52 Å². The van der Waals surface area contributed by atoms with Crippen LogP contribution in [0.3, 0.4) is 0 Å². The van der Waals surface area contributed by atoms with Crippen LogP contribution in [-0.4, -0.2) is 30.0 Å². The summed E-state index contributed by atoms with van der Waals surface area (Å²) in [6.07, 6.45) is 5.26. The number of aromatic nitrogens is 2. The van der Waals surface area contributed by atoms with Crippen molar-refractivity contribution in [1.29, 1.82) is 0 Å². The smallest absolute Gasteiger partial charge is 0.255 e. The summed E-state index contributed by atoms with van der Waals surface area (Å²) in [6.45, 7) is 0. The highest BCUT2D eigenvalue weighted by Gasteiger charge is 2.08. The first-order valence-corrected chi connectivity index (χ1v) is 11.6. The topological polar surface area (TPSA) is 82.2 Å². The largest absolute Gasteiger partial charge is 0.378 e. The zero-order chi connectivity index (χ0) is 24.9. The van der Waals surface area contributed by atoms with Crippen LogP contribution in [0.4, 0.5) is 34.1 Å². The molecule has 1 amide bonds. The van der Waals surface area contributed by atoms with Gasteiger partial charge in [-0.05, 0) is 84.9 Å². The van der Waals surface area contributed by atoms with Gasteiger partial charge in [-0.25, -0.2) is 0 Å². The van der Waals surface area contributed by atoms with Crippen molar-refractivity contribution in [3.05, 3.63) is 109 Å². The molecule has 3 N–H and O–H groups in total. The summed E-state index contributed by atoms with van der Waals surface area (Å²) in [5.41, 5.74) is 7.05. The average Bonchev–Trinajstić information content (AvgIpc) is 2.91. The normalized spacial score (nSPS) is 10.6. The molecule has 0 atom stereocenters. The van der Waals surface area contributed by atoms with E-state index >= 15 is 0 Å². The molecule has 3 aromatic carbocycles. The van der Waals surface area contributed by atoms with Gasteiger partial charge >= 0.3 is 0 Å². The van der Waals surface area contributed by atoms with Crippen LogP contribution >= 0.6 is 0 Å². The molecule has 0 aliphatic carbocycles. The molecule has 0 radical (unpaired) electrons. The number of hydrogen-bond acceptors (Lipinski definition) is 6. The number of rotatable bonds is 7. The number of carbonyl (C=O) groups is 1. The first kappa shape index (κ1) is 22.9. The van der Waals surface area contributed by atoms with E-state index in [1.807, 2.05) is 86.9 Å². The summed E-state index contributed by atoms with van der Waals surface area (Å²) < 4.78 is 0. The minimum absolute atomic E-state index is 0.165. The molecule has 0 unspecified atom stereocenters. The third-order valence-electron chi connectivity index (χ3n) is 5.78. The fraction of sp³-hybridized carbons (Fsp3) is 0.0690. The van der Waals surface area contributed by atoms with Crippen molar-refractivity contribution in [2.45, 2.75) is 0 Å². The molecule has 0 aliphatic rings. The van der Waals surface area contributed by atoms with Crippen molar-refractivity contribution in [2.24, 2.45) is 0 Å². The average molecular weight is 475 g/mol. The number of benzene rings is 3. The molecule has 0 saturated carbocycles. The molecule has 5 rings (SSSR count). The third kappa shape index (κ3) is 5.26. The Balaban J connectivity index is 1.25. The van der Waals surface area contributed by atoms with Gasteiger partial charge in [-0.1, -0.05) is 0 Å². The van der Waals surface area contributed by atoms with E-state index in [-0.39, 0.29) is 5.91 Å². The quantitative estimate of drug-likeness (QED) is 0.252. The lowest BCUT2D eigenvalue weighted by Crippen LogP contribution is -2.11. The molecule has 0 saturated heterocycles. The van der Waals surface area contributed by atoms with Crippen molar-refractivity contribution in [2.75, 3.05) is 34.9 Å². The van der Waals surface area contributed by atoms with Gasteiger partial charge in [0.15, 0.2) is 0 Å². The SMILES string of the molecule is CN(C)c1ccc2nccc(Nc3ccc(C(=O)Nc4ccc(Nc5ccncc5)cc4)cc3)c2c1. The second-order valence-corrected chi connectivity index (χ2v) is 8.55. The highest BCUT2D eigenvalue weighted by atomic mass is 16.1. The second kappa shape index (κ2) is 10.1. The van der Waals surface area contributed by atoms with Crippen LogP contribution < -0.4 is 20.9 Å². The van der Waals surface area contributed by atoms with Crippen LogP contribution in [0.15, 0.2) is 104 Å². The lowest BCUT2D eigenvalue weighted by atomic mass is 10.1. The zero-order valence-electron chi connectivity index (χ0n) is 20.1. The van der Waals surface area contributed by atoms with E-state index in [4.69, 9.17) is 0 Å². The van der Waals surface area contributed by atoms with Crippen molar-refractivity contribution >= 4 is 50.9 Å². The number of amides is 1. The Bertz CT molecular complexity index is 1480. The lowest BCUT2D eigenvalue weighted by Gasteiger charge is -2.15. The maximum atomic E-state index is 12.8. The molecule has 0 aliphatic heterocycles. The Morgan fingerprint density at radius 2 is 1.33 bits per heavy atom. The molecule has 36 heavy (non-hydrogen) atoms. The molecule has 0 spiro atoms. The van der Waals surface area contributed by atoms with Gasteiger partial charge in [0.1, 0.15) is 0 Å². The number of pyridine rings is 2. The molecule has 178 valence electrons. The molecule has 2 heterocycles. The van der Waals surface area contributed by atoms with Crippen molar-refractivity contribution in [1.82, 2.24) is 9.97 Å². The van der Waals surface area contributed by atoms with E-state index in [0.29, 0.717) is 5.56 Å². The number of fused-ring (bicyclic) bond motifs is 1. The molecule has 7 heteroatoms. The Morgan fingerprint density at radius 1 is 0.694 bits per heavy atom. The maximum Gasteiger partial charge on any atom is 0.255 e. The lowest BCUT2D eigenvalue weighted by molar-refractivity contribution is 0.102. The number of nitrogens with one attached hydrogen (secondary N) is 3. The number of anilines is 6. The summed E-state index contributed by atoms with van der Waals surface area (Å²) in [6, 6.07) is 26.9. The van der Waals surface area contributed by atoms with E-state index in [1.54, 1.807) is 18.6 Å². The maximum absolute atomic E-state index is 12.8. The predicted octanol–water partition coefficient (Wildman–Crippen LogP) is 6.44.